The Kier molecular flexibility index (Phi) is 6.24. The molecule has 0 unspecified atom stereocenters. The van der Waals surface area contributed by atoms with Crippen LogP contribution in [0.1, 0.15) is 0 Å². The third-order valence-electron chi connectivity index (χ3n) is 4.15. The number of nitrogens with zero attached hydrogens (tertiary/aromatic N) is 2. The average Bonchev–Trinajstić information content (AvgIpc) is 2.67. The molecule has 5 nitrogen and oxygen atoms in total. The van der Waals surface area contributed by atoms with Gasteiger partial charge in [-0.15, -0.1) is 11.8 Å². The third kappa shape index (κ3) is 4.40. The first-order valence-corrected chi connectivity index (χ1v) is 11.0. The molecule has 8 heteroatoms. The number of amides is 1. The molecule has 1 fully saturated rings. The summed E-state index contributed by atoms with van der Waals surface area (Å²) in [4.78, 5) is 15.2. The monoisotopic (exact) mass is 410 g/mol. The second kappa shape index (κ2) is 8.43. The number of piperazine rings is 1. The van der Waals surface area contributed by atoms with E-state index in [0.717, 1.165) is 4.90 Å². The van der Waals surface area contributed by atoms with Crippen molar-refractivity contribution in [2.45, 2.75) is 9.79 Å². The number of carbonyl (C=O) groups is 1. The van der Waals surface area contributed by atoms with Gasteiger partial charge in [0, 0.05) is 31.1 Å². The van der Waals surface area contributed by atoms with E-state index in [1.54, 1.807) is 23.1 Å². The zero-order valence-corrected chi connectivity index (χ0v) is 16.4. The predicted molar refractivity (Wildman–Crippen MR) is 104 cm³/mol. The largest absolute Gasteiger partial charge is 0.339 e. The van der Waals surface area contributed by atoms with Gasteiger partial charge in [0.1, 0.15) is 4.90 Å². The molecule has 1 aliphatic rings. The number of rotatable bonds is 5. The number of hydrogen-bond donors (Lipinski definition) is 0. The summed E-state index contributed by atoms with van der Waals surface area (Å²) in [6.07, 6.45) is 0. The highest BCUT2D eigenvalue weighted by Gasteiger charge is 2.31. The standard InChI is InChI=1S/C18H19ClN2O3S2/c19-16-8-4-5-9-17(16)26(23,24)21-12-10-20(11-13-21)18(22)14-25-15-6-2-1-3-7-15/h1-9H,10-14H2. The molecule has 0 bridgehead atoms. The minimum absolute atomic E-state index is 0.0219. The summed E-state index contributed by atoms with van der Waals surface area (Å²) >= 11 is 7.52. The van der Waals surface area contributed by atoms with E-state index in [4.69, 9.17) is 11.6 Å². The molecule has 0 aromatic heterocycles. The molecule has 2 aromatic carbocycles. The summed E-state index contributed by atoms with van der Waals surface area (Å²) in [5.74, 6) is 0.370. The Labute approximate surface area is 163 Å². The van der Waals surface area contributed by atoms with E-state index in [-0.39, 0.29) is 28.9 Å². The molecule has 0 saturated carbocycles. The SMILES string of the molecule is O=C(CSc1ccccc1)N1CCN(S(=O)(=O)c2ccccc2Cl)CC1. The molecule has 1 heterocycles. The lowest BCUT2D eigenvalue weighted by Gasteiger charge is -2.34. The van der Waals surface area contributed by atoms with E-state index < -0.39 is 10.0 Å². The molecule has 0 N–H and O–H groups in total. The van der Waals surface area contributed by atoms with Crippen molar-refractivity contribution in [3.05, 3.63) is 59.6 Å². The quantitative estimate of drug-likeness (QED) is 0.711. The first kappa shape index (κ1) is 19.2. The van der Waals surface area contributed by atoms with Gasteiger partial charge >= 0.3 is 0 Å². The summed E-state index contributed by atoms with van der Waals surface area (Å²) in [7, 11) is -3.64. The minimum Gasteiger partial charge on any atom is -0.339 e. The zero-order chi connectivity index (χ0) is 18.6. The molecule has 1 saturated heterocycles. The van der Waals surface area contributed by atoms with Gasteiger partial charge in [-0.2, -0.15) is 4.31 Å². The topological polar surface area (TPSA) is 57.7 Å². The zero-order valence-electron chi connectivity index (χ0n) is 14.0. The van der Waals surface area contributed by atoms with Gasteiger partial charge in [0.05, 0.1) is 10.8 Å². The molecular formula is C18H19ClN2O3S2. The Morgan fingerprint density at radius 1 is 0.962 bits per heavy atom. The van der Waals surface area contributed by atoms with Gasteiger partial charge in [0.2, 0.25) is 15.9 Å². The van der Waals surface area contributed by atoms with Crippen molar-refractivity contribution >= 4 is 39.3 Å². The number of benzene rings is 2. The molecule has 0 aliphatic carbocycles. The molecule has 3 rings (SSSR count). The Morgan fingerprint density at radius 3 is 2.23 bits per heavy atom. The van der Waals surface area contributed by atoms with Crippen LogP contribution in [0.4, 0.5) is 0 Å². The lowest BCUT2D eigenvalue weighted by Crippen LogP contribution is -2.51. The minimum atomic E-state index is -3.64. The highest BCUT2D eigenvalue weighted by atomic mass is 35.5. The summed E-state index contributed by atoms with van der Waals surface area (Å²) in [6, 6.07) is 16.2. The first-order chi connectivity index (χ1) is 12.5. The molecule has 138 valence electrons. The van der Waals surface area contributed by atoms with Gasteiger partial charge in [-0.05, 0) is 24.3 Å². The molecule has 2 aromatic rings. The normalized spacial score (nSPS) is 15.8. The fourth-order valence-electron chi connectivity index (χ4n) is 2.72. The van der Waals surface area contributed by atoms with Crippen LogP contribution in [0.3, 0.4) is 0 Å². The third-order valence-corrected chi connectivity index (χ3v) is 7.55. The van der Waals surface area contributed by atoms with Crippen molar-refractivity contribution in [1.82, 2.24) is 9.21 Å². The maximum Gasteiger partial charge on any atom is 0.244 e. The van der Waals surface area contributed by atoms with Crippen molar-refractivity contribution in [1.29, 1.82) is 0 Å². The molecule has 0 spiro atoms. The van der Waals surface area contributed by atoms with Crippen molar-refractivity contribution in [3.63, 3.8) is 0 Å². The van der Waals surface area contributed by atoms with Gasteiger partial charge in [-0.25, -0.2) is 8.42 Å². The van der Waals surface area contributed by atoms with E-state index in [1.165, 1.54) is 22.1 Å². The summed E-state index contributed by atoms with van der Waals surface area (Å²) in [5, 5.41) is 0.213. The van der Waals surface area contributed by atoms with Gasteiger partial charge in [0.15, 0.2) is 0 Å². The summed E-state index contributed by atoms with van der Waals surface area (Å²) in [5.41, 5.74) is 0. The fraction of sp³-hybridized carbons (Fsp3) is 0.278. The van der Waals surface area contributed by atoms with E-state index in [2.05, 4.69) is 0 Å². The van der Waals surface area contributed by atoms with E-state index >= 15 is 0 Å². The van der Waals surface area contributed by atoms with Crippen LogP contribution >= 0.6 is 23.4 Å². The predicted octanol–water partition coefficient (Wildman–Crippen LogP) is 2.97. The molecule has 26 heavy (non-hydrogen) atoms. The number of thioether (sulfide) groups is 1. The lowest BCUT2D eigenvalue weighted by atomic mass is 10.3. The Balaban J connectivity index is 1.57. The second-order valence-electron chi connectivity index (χ2n) is 5.82. The highest BCUT2D eigenvalue weighted by Crippen LogP contribution is 2.25. The van der Waals surface area contributed by atoms with Crippen molar-refractivity contribution in [2.24, 2.45) is 0 Å². The van der Waals surface area contributed by atoms with Crippen molar-refractivity contribution < 1.29 is 13.2 Å². The summed E-state index contributed by atoms with van der Waals surface area (Å²) in [6.45, 7) is 1.32. The second-order valence-corrected chi connectivity index (χ2v) is 9.18. The van der Waals surface area contributed by atoms with Crippen LogP contribution < -0.4 is 0 Å². The van der Waals surface area contributed by atoms with Gasteiger partial charge < -0.3 is 4.90 Å². The van der Waals surface area contributed by atoms with Crippen LogP contribution in [0.2, 0.25) is 5.02 Å². The maximum absolute atomic E-state index is 12.7. The Bertz CT molecular complexity index is 867. The van der Waals surface area contributed by atoms with Gasteiger partial charge in [0.25, 0.3) is 0 Å². The van der Waals surface area contributed by atoms with E-state index in [0.29, 0.717) is 18.8 Å². The van der Waals surface area contributed by atoms with Gasteiger partial charge in [-0.1, -0.05) is 41.9 Å². The van der Waals surface area contributed by atoms with Crippen LogP contribution in [0.25, 0.3) is 0 Å². The smallest absolute Gasteiger partial charge is 0.244 e. The molecule has 1 amide bonds. The summed E-state index contributed by atoms with van der Waals surface area (Å²) < 4.78 is 26.8. The van der Waals surface area contributed by atoms with E-state index in [1.807, 2.05) is 30.3 Å². The molecule has 1 aliphatic heterocycles. The van der Waals surface area contributed by atoms with E-state index in [9.17, 15) is 13.2 Å². The Hall–Kier alpha value is -1.54. The van der Waals surface area contributed by atoms with Gasteiger partial charge in [-0.3, -0.25) is 4.79 Å². The molecule has 0 atom stereocenters. The van der Waals surface area contributed by atoms with Crippen LogP contribution in [-0.2, 0) is 14.8 Å². The Morgan fingerprint density at radius 2 is 1.58 bits per heavy atom. The van der Waals surface area contributed by atoms with Crippen LogP contribution in [0, 0.1) is 0 Å². The van der Waals surface area contributed by atoms with Crippen molar-refractivity contribution in [3.8, 4) is 0 Å². The van der Waals surface area contributed by atoms with Crippen molar-refractivity contribution in [2.75, 3.05) is 31.9 Å². The van der Waals surface area contributed by atoms with Crippen LogP contribution in [-0.4, -0.2) is 55.5 Å². The van der Waals surface area contributed by atoms with Crippen LogP contribution in [0.5, 0.6) is 0 Å². The molecular weight excluding hydrogens is 392 g/mol. The molecule has 0 radical (unpaired) electrons. The average molecular weight is 411 g/mol. The fourth-order valence-corrected chi connectivity index (χ4v) is 5.46. The number of sulfonamides is 1. The number of hydrogen-bond acceptors (Lipinski definition) is 4. The highest BCUT2D eigenvalue weighted by molar-refractivity contribution is 8.00. The van der Waals surface area contributed by atoms with Crippen LogP contribution in [0.15, 0.2) is 64.4 Å². The lowest BCUT2D eigenvalue weighted by molar-refractivity contribution is -0.129. The number of halogens is 1. The number of carbonyl (C=O) groups excluding carboxylic acids is 1. The maximum atomic E-state index is 12.7. The first-order valence-electron chi connectivity index (χ1n) is 8.19.